The average molecular weight is 263 g/mol. The molecule has 0 aliphatic carbocycles. The van der Waals surface area contributed by atoms with Gasteiger partial charge in [-0.2, -0.15) is 0 Å². The summed E-state index contributed by atoms with van der Waals surface area (Å²) in [5, 5.41) is 1.56. The molecule has 6 nitrogen and oxygen atoms in total. The highest BCUT2D eigenvalue weighted by molar-refractivity contribution is 7.99. The topological polar surface area (TPSA) is 86.8 Å². The summed E-state index contributed by atoms with van der Waals surface area (Å²) in [6.45, 7) is 2.90. The fraction of sp³-hybridized carbons (Fsp3) is 0.273. The molecule has 2 N–H and O–H groups in total. The Kier molecular flexibility index (Phi) is 4.43. The van der Waals surface area contributed by atoms with Crippen molar-refractivity contribution >= 4 is 17.6 Å². The molecule has 0 aliphatic heterocycles. The molecule has 0 spiro atoms. The van der Waals surface area contributed by atoms with Crippen molar-refractivity contribution in [3.05, 3.63) is 30.5 Å². The molecule has 94 valence electrons. The highest BCUT2D eigenvalue weighted by atomic mass is 32.2. The number of hydrogen-bond donors (Lipinski definition) is 1. The predicted octanol–water partition coefficient (Wildman–Crippen LogP) is 1.54. The van der Waals surface area contributed by atoms with E-state index in [-0.39, 0.29) is 0 Å². The number of rotatable bonds is 5. The Morgan fingerprint density at radius 2 is 2.22 bits per heavy atom. The zero-order valence-corrected chi connectivity index (χ0v) is 10.7. The Hall–Kier alpha value is -1.73. The summed E-state index contributed by atoms with van der Waals surface area (Å²) >= 11 is 1.41. The van der Waals surface area contributed by atoms with E-state index in [1.807, 2.05) is 13.0 Å². The van der Waals surface area contributed by atoms with E-state index in [4.69, 9.17) is 10.5 Å². The molecule has 0 amide bonds. The minimum absolute atomic E-state index is 0.360. The Morgan fingerprint density at radius 3 is 2.94 bits per heavy atom. The molecule has 2 aromatic heterocycles. The van der Waals surface area contributed by atoms with Crippen LogP contribution in [0.25, 0.3) is 0 Å². The lowest BCUT2D eigenvalue weighted by atomic mass is 10.5. The van der Waals surface area contributed by atoms with Gasteiger partial charge < -0.3 is 10.5 Å². The van der Waals surface area contributed by atoms with Crippen LogP contribution < -0.4 is 5.73 Å². The molecule has 0 unspecified atom stereocenters. The van der Waals surface area contributed by atoms with Crippen LogP contribution in [0.2, 0.25) is 0 Å². The minimum atomic E-state index is 0.360. The molecule has 0 radical (unpaired) electrons. The Bertz CT molecular complexity index is 508. The van der Waals surface area contributed by atoms with Crippen LogP contribution in [0.1, 0.15) is 12.7 Å². The summed E-state index contributed by atoms with van der Waals surface area (Å²) in [5.74, 6) is 1.00. The van der Waals surface area contributed by atoms with Gasteiger partial charge in [0.25, 0.3) is 0 Å². The zero-order valence-electron chi connectivity index (χ0n) is 9.91. The van der Waals surface area contributed by atoms with Crippen molar-refractivity contribution in [1.82, 2.24) is 19.9 Å². The molecule has 0 bridgehead atoms. The quantitative estimate of drug-likeness (QED) is 0.818. The second-order valence-electron chi connectivity index (χ2n) is 3.33. The number of nitrogens with two attached hydrogens (primary N) is 1. The molecule has 0 aliphatic rings. The standard InChI is InChI=1S/C11H13N5OS/c1-2-17-6-9-15-8(12)5-11(16-9)18-10-3-4-13-7-14-10/h3-5,7H,2,6H2,1H3,(H2,12,15,16). The Morgan fingerprint density at radius 1 is 1.33 bits per heavy atom. The second kappa shape index (κ2) is 6.27. The van der Waals surface area contributed by atoms with Crippen molar-refractivity contribution in [2.24, 2.45) is 0 Å². The van der Waals surface area contributed by atoms with E-state index in [1.165, 1.54) is 18.1 Å². The van der Waals surface area contributed by atoms with Crippen LogP contribution in [-0.4, -0.2) is 26.5 Å². The molecule has 7 heteroatoms. The summed E-state index contributed by atoms with van der Waals surface area (Å²) in [4.78, 5) is 16.4. The van der Waals surface area contributed by atoms with Crippen LogP contribution in [0, 0.1) is 0 Å². The van der Waals surface area contributed by atoms with Crippen LogP contribution in [0.5, 0.6) is 0 Å². The van der Waals surface area contributed by atoms with Crippen molar-refractivity contribution in [3.63, 3.8) is 0 Å². The van der Waals surface area contributed by atoms with E-state index >= 15 is 0 Å². The van der Waals surface area contributed by atoms with Gasteiger partial charge in [0.1, 0.15) is 28.8 Å². The predicted molar refractivity (Wildman–Crippen MR) is 67.9 cm³/mol. The smallest absolute Gasteiger partial charge is 0.157 e. The molecule has 0 saturated carbocycles. The van der Waals surface area contributed by atoms with Gasteiger partial charge in [-0.1, -0.05) is 0 Å². The van der Waals surface area contributed by atoms with Crippen LogP contribution in [0.15, 0.2) is 34.7 Å². The lowest BCUT2D eigenvalue weighted by Gasteiger charge is -2.05. The zero-order chi connectivity index (χ0) is 12.8. The third kappa shape index (κ3) is 3.64. The first-order valence-electron chi connectivity index (χ1n) is 5.43. The second-order valence-corrected chi connectivity index (χ2v) is 4.37. The number of hydrogen-bond acceptors (Lipinski definition) is 7. The van der Waals surface area contributed by atoms with Crippen molar-refractivity contribution in [2.75, 3.05) is 12.3 Å². The molecule has 2 aromatic rings. The monoisotopic (exact) mass is 263 g/mol. The summed E-state index contributed by atoms with van der Waals surface area (Å²) < 4.78 is 5.26. The fourth-order valence-corrected chi connectivity index (χ4v) is 2.02. The molecule has 0 atom stereocenters. The molecule has 2 heterocycles. The van der Waals surface area contributed by atoms with Gasteiger partial charge in [0.2, 0.25) is 0 Å². The maximum atomic E-state index is 5.73. The number of ether oxygens (including phenoxy) is 1. The highest BCUT2D eigenvalue weighted by Gasteiger charge is 2.05. The largest absolute Gasteiger partial charge is 0.384 e. The first kappa shape index (κ1) is 12.7. The molecular formula is C11H13N5OS. The third-order valence-electron chi connectivity index (χ3n) is 1.97. The number of nitrogens with zero attached hydrogens (tertiary/aromatic N) is 4. The molecule has 2 rings (SSSR count). The maximum absolute atomic E-state index is 5.73. The van der Waals surface area contributed by atoms with Crippen molar-refractivity contribution in [3.8, 4) is 0 Å². The highest BCUT2D eigenvalue weighted by Crippen LogP contribution is 2.24. The van der Waals surface area contributed by atoms with E-state index < -0.39 is 0 Å². The van der Waals surface area contributed by atoms with E-state index in [9.17, 15) is 0 Å². The van der Waals surface area contributed by atoms with Gasteiger partial charge in [0, 0.05) is 18.9 Å². The summed E-state index contributed by atoms with van der Waals surface area (Å²) in [6.07, 6.45) is 3.18. The first-order chi connectivity index (χ1) is 8.78. The van der Waals surface area contributed by atoms with Gasteiger partial charge in [-0.15, -0.1) is 0 Å². The van der Waals surface area contributed by atoms with Gasteiger partial charge in [-0.3, -0.25) is 0 Å². The normalized spacial score (nSPS) is 10.5. The summed E-state index contributed by atoms with van der Waals surface area (Å²) in [6, 6.07) is 3.52. The molecule has 0 fully saturated rings. The molecule has 0 saturated heterocycles. The van der Waals surface area contributed by atoms with Gasteiger partial charge in [-0.25, -0.2) is 19.9 Å². The van der Waals surface area contributed by atoms with Crippen LogP contribution in [0.3, 0.4) is 0 Å². The van der Waals surface area contributed by atoms with E-state index in [0.717, 1.165) is 10.1 Å². The third-order valence-corrected chi connectivity index (χ3v) is 2.84. The Labute approximate surface area is 109 Å². The van der Waals surface area contributed by atoms with Crippen molar-refractivity contribution in [1.29, 1.82) is 0 Å². The number of nitrogen functional groups attached to an aromatic ring is 1. The van der Waals surface area contributed by atoms with E-state index in [1.54, 1.807) is 12.3 Å². The van der Waals surface area contributed by atoms with E-state index in [2.05, 4.69) is 19.9 Å². The van der Waals surface area contributed by atoms with Gasteiger partial charge in [-0.05, 0) is 24.8 Å². The van der Waals surface area contributed by atoms with Crippen molar-refractivity contribution < 1.29 is 4.74 Å². The molecule has 0 aromatic carbocycles. The van der Waals surface area contributed by atoms with Crippen LogP contribution in [-0.2, 0) is 11.3 Å². The van der Waals surface area contributed by atoms with Crippen molar-refractivity contribution in [2.45, 2.75) is 23.6 Å². The van der Waals surface area contributed by atoms with Gasteiger partial charge in [0.05, 0.1) is 0 Å². The lowest BCUT2D eigenvalue weighted by Crippen LogP contribution is -2.03. The maximum Gasteiger partial charge on any atom is 0.157 e. The first-order valence-corrected chi connectivity index (χ1v) is 6.24. The van der Waals surface area contributed by atoms with Crippen LogP contribution >= 0.6 is 11.8 Å². The van der Waals surface area contributed by atoms with Gasteiger partial charge in [0.15, 0.2) is 5.82 Å². The number of anilines is 1. The molecular weight excluding hydrogens is 250 g/mol. The summed E-state index contributed by atoms with van der Waals surface area (Å²) in [7, 11) is 0. The molecule has 18 heavy (non-hydrogen) atoms. The fourth-order valence-electron chi connectivity index (χ4n) is 1.25. The SMILES string of the molecule is CCOCc1nc(N)cc(Sc2ccncn2)n1. The number of aromatic nitrogens is 4. The minimum Gasteiger partial charge on any atom is -0.384 e. The van der Waals surface area contributed by atoms with E-state index in [0.29, 0.717) is 24.9 Å². The van der Waals surface area contributed by atoms with Crippen LogP contribution in [0.4, 0.5) is 5.82 Å². The lowest BCUT2D eigenvalue weighted by molar-refractivity contribution is 0.128. The summed E-state index contributed by atoms with van der Waals surface area (Å²) in [5.41, 5.74) is 5.73. The Balaban J connectivity index is 2.15. The average Bonchev–Trinajstić information content (AvgIpc) is 2.37. The van der Waals surface area contributed by atoms with Gasteiger partial charge >= 0.3 is 0 Å².